The average molecular weight is 299 g/mol. The maximum Gasteiger partial charge on any atom is 0.231 e. The van der Waals surface area contributed by atoms with E-state index in [9.17, 15) is 4.79 Å². The molecule has 0 aliphatic carbocycles. The molecule has 8 heteroatoms. The van der Waals surface area contributed by atoms with Gasteiger partial charge in [0.1, 0.15) is 0 Å². The minimum absolute atomic E-state index is 0.140. The number of nitrogens with zero attached hydrogens (tertiary/aromatic N) is 4. The number of nitrogens with one attached hydrogen (secondary N) is 1. The third kappa shape index (κ3) is 3.47. The number of hydrogen-bond acceptors (Lipinski definition) is 6. The Bertz CT molecular complexity index is 501. The highest BCUT2D eigenvalue weighted by Gasteiger charge is 2.25. The van der Waals surface area contributed by atoms with Gasteiger partial charge in [0.05, 0.1) is 5.41 Å². The van der Waals surface area contributed by atoms with E-state index in [-0.39, 0.29) is 11.2 Å². The van der Waals surface area contributed by atoms with Crippen LogP contribution in [0, 0.1) is 5.41 Å². The first-order chi connectivity index (χ1) is 9.38. The zero-order valence-corrected chi connectivity index (χ0v) is 12.4. The molecule has 1 aliphatic heterocycles. The SMILES string of the molecule is CC(C)(CNc1nc(Cl)nc(N2CCCC2)n1)C(N)=O. The predicted molar refractivity (Wildman–Crippen MR) is 77.7 cm³/mol. The van der Waals surface area contributed by atoms with E-state index in [1.165, 1.54) is 0 Å². The molecule has 20 heavy (non-hydrogen) atoms. The quantitative estimate of drug-likeness (QED) is 0.843. The summed E-state index contributed by atoms with van der Waals surface area (Å²) in [6.45, 7) is 5.69. The Balaban J connectivity index is 2.10. The molecular formula is C12H19ClN6O. The molecule has 2 heterocycles. The zero-order chi connectivity index (χ0) is 14.8. The number of anilines is 2. The van der Waals surface area contributed by atoms with Crippen molar-refractivity contribution in [2.24, 2.45) is 11.1 Å². The van der Waals surface area contributed by atoms with Crippen LogP contribution in [0.2, 0.25) is 5.28 Å². The number of rotatable bonds is 5. The van der Waals surface area contributed by atoms with Crippen LogP contribution in [0.15, 0.2) is 0 Å². The van der Waals surface area contributed by atoms with Crippen molar-refractivity contribution in [1.29, 1.82) is 0 Å². The fourth-order valence-corrected chi connectivity index (χ4v) is 2.02. The van der Waals surface area contributed by atoms with E-state index in [1.807, 2.05) is 0 Å². The van der Waals surface area contributed by atoms with Gasteiger partial charge in [0, 0.05) is 19.6 Å². The third-order valence-electron chi connectivity index (χ3n) is 3.34. The molecule has 0 atom stereocenters. The first-order valence-corrected chi connectivity index (χ1v) is 6.96. The molecule has 3 N–H and O–H groups in total. The van der Waals surface area contributed by atoms with Gasteiger partial charge in [-0.05, 0) is 38.3 Å². The molecule has 0 spiro atoms. The Labute approximate surface area is 122 Å². The van der Waals surface area contributed by atoms with Crippen LogP contribution in [0.5, 0.6) is 0 Å². The fraction of sp³-hybridized carbons (Fsp3) is 0.667. The van der Waals surface area contributed by atoms with Gasteiger partial charge in [0.25, 0.3) is 0 Å². The van der Waals surface area contributed by atoms with Gasteiger partial charge in [-0.15, -0.1) is 0 Å². The summed E-state index contributed by atoms with van der Waals surface area (Å²) in [7, 11) is 0. The van der Waals surface area contributed by atoms with E-state index >= 15 is 0 Å². The summed E-state index contributed by atoms with van der Waals surface area (Å²) in [6.07, 6.45) is 2.25. The second-order valence-corrected chi connectivity index (χ2v) is 5.86. The Morgan fingerprint density at radius 2 is 2.00 bits per heavy atom. The molecule has 7 nitrogen and oxygen atoms in total. The number of hydrogen-bond donors (Lipinski definition) is 2. The molecule has 0 aromatic carbocycles. The molecule has 1 saturated heterocycles. The summed E-state index contributed by atoms with van der Waals surface area (Å²) in [4.78, 5) is 25.8. The van der Waals surface area contributed by atoms with Gasteiger partial charge < -0.3 is 16.0 Å². The highest BCUT2D eigenvalue weighted by Crippen LogP contribution is 2.20. The number of nitrogens with two attached hydrogens (primary N) is 1. The van der Waals surface area contributed by atoms with E-state index in [0.29, 0.717) is 18.4 Å². The number of primary amides is 1. The van der Waals surface area contributed by atoms with Crippen molar-refractivity contribution in [2.75, 3.05) is 29.9 Å². The summed E-state index contributed by atoms with van der Waals surface area (Å²) >= 11 is 5.92. The van der Waals surface area contributed by atoms with E-state index in [2.05, 4.69) is 25.2 Å². The zero-order valence-electron chi connectivity index (χ0n) is 11.7. The number of halogens is 1. The smallest absolute Gasteiger partial charge is 0.231 e. The summed E-state index contributed by atoms with van der Waals surface area (Å²) < 4.78 is 0. The van der Waals surface area contributed by atoms with Gasteiger partial charge in [-0.2, -0.15) is 15.0 Å². The predicted octanol–water partition coefficient (Wildman–Crippen LogP) is 1.05. The second-order valence-electron chi connectivity index (χ2n) is 5.52. The summed E-state index contributed by atoms with van der Waals surface area (Å²) in [5, 5.41) is 3.14. The minimum Gasteiger partial charge on any atom is -0.369 e. The maximum absolute atomic E-state index is 11.3. The van der Waals surface area contributed by atoms with Crippen LogP contribution in [0.25, 0.3) is 0 Å². The number of carbonyl (C=O) groups is 1. The van der Waals surface area contributed by atoms with Gasteiger partial charge in [-0.25, -0.2) is 0 Å². The van der Waals surface area contributed by atoms with E-state index in [0.717, 1.165) is 25.9 Å². The highest BCUT2D eigenvalue weighted by molar-refractivity contribution is 6.28. The number of aromatic nitrogens is 3. The van der Waals surface area contributed by atoms with Crippen molar-refractivity contribution in [3.05, 3.63) is 5.28 Å². The molecule has 1 aliphatic rings. The molecule has 1 amide bonds. The van der Waals surface area contributed by atoms with Gasteiger partial charge >= 0.3 is 0 Å². The van der Waals surface area contributed by atoms with Crippen LogP contribution >= 0.6 is 11.6 Å². The Hall–Kier alpha value is -1.63. The normalized spacial score (nSPS) is 15.4. The second kappa shape index (κ2) is 5.78. The molecule has 1 aromatic heterocycles. The summed E-state index contributed by atoms with van der Waals surface area (Å²) in [5.41, 5.74) is 4.64. The van der Waals surface area contributed by atoms with Crippen molar-refractivity contribution in [3.63, 3.8) is 0 Å². The Morgan fingerprint density at radius 3 is 2.60 bits per heavy atom. The topological polar surface area (TPSA) is 97.0 Å². The molecule has 0 radical (unpaired) electrons. The van der Waals surface area contributed by atoms with Crippen molar-refractivity contribution < 1.29 is 4.79 Å². The number of amides is 1. The summed E-state index contributed by atoms with van der Waals surface area (Å²) in [6, 6.07) is 0. The molecule has 110 valence electrons. The summed E-state index contributed by atoms with van der Waals surface area (Å²) in [5.74, 6) is 0.549. The molecule has 0 saturated carbocycles. The molecular weight excluding hydrogens is 280 g/mol. The fourth-order valence-electron chi connectivity index (χ4n) is 1.86. The van der Waals surface area contributed by atoms with Crippen molar-refractivity contribution in [3.8, 4) is 0 Å². The molecule has 1 fully saturated rings. The molecule has 0 bridgehead atoms. The van der Waals surface area contributed by atoms with Crippen molar-refractivity contribution >= 4 is 29.4 Å². The lowest BCUT2D eigenvalue weighted by Gasteiger charge is -2.21. The van der Waals surface area contributed by atoms with Gasteiger partial charge in [-0.3, -0.25) is 4.79 Å². The average Bonchev–Trinajstić information content (AvgIpc) is 2.89. The van der Waals surface area contributed by atoms with E-state index in [1.54, 1.807) is 13.8 Å². The Kier molecular flexibility index (Phi) is 4.27. The first kappa shape index (κ1) is 14.8. The van der Waals surface area contributed by atoms with E-state index < -0.39 is 5.41 Å². The van der Waals surface area contributed by atoms with Crippen LogP contribution in [0.1, 0.15) is 26.7 Å². The maximum atomic E-state index is 11.3. The lowest BCUT2D eigenvalue weighted by Crippen LogP contribution is -2.37. The molecule has 1 aromatic rings. The lowest BCUT2D eigenvalue weighted by molar-refractivity contribution is -0.125. The molecule has 2 rings (SSSR count). The third-order valence-corrected chi connectivity index (χ3v) is 3.51. The van der Waals surface area contributed by atoms with Gasteiger partial charge in [0.15, 0.2) is 0 Å². The minimum atomic E-state index is -0.688. The van der Waals surface area contributed by atoms with Gasteiger partial charge in [-0.1, -0.05) is 0 Å². The van der Waals surface area contributed by atoms with Crippen LogP contribution in [-0.2, 0) is 4.79 Å². The van der Waals surface area contributed by atoms with Crippen molar-refractivity contribution in [2.45, 2.75) is 26.7 Å². The Morgan fingerprint density at radius 1 is 1.35 bits per heavy atom. The first-order valence-electron chi connectivity index (χ1n) is 6.59. The van der Waals surface area contributed by atoms with Crippen molar-refractivity contribution in [1.82, 2.24) is 15.0 Å². The van der Waals surface area contributed by atoms with Crippen LogP contribution in [-0.4, -0.2) is 40.5 Å². The standard InChI is InChI=1S/C12H19ClN6O/c1-12(2,8(14)20)7-15-10-16-9(13)17-11(18-10)19-5-3-4-6-19/h3-7H2,1-2H3,(H2,14,20)(H,15,16,17,18). The highest BCUT2D eigenvalue weighted by atomic mass is 35.5. The monoisotopic (exact) mass is 298 g/mol. The van der Waals surface area contributed by atoms with Crippen LogP contribution < -0.4 is 16.0 Å². The molecule has 0 unspecified atom stereocenters. The van der Waals surface area contributed by atoms with Gasteiger partial charge in [0.2, 0.25) is 23.1 Å². The number of carbonyl (C=O) groups excluding carboxylic acids is 1. The van der Waals surface area contributed by atoms with Crippen LogP contribution in [0.3, 0.4) is 0 Å². The largest absolute Gasteiger partial charge is 0.369 e. The lowest BCUT2D eigenvalue weighted by atomic mass is 9.93. The van der Waals surface area contributed by atoms with E-state index in [4.69, 9.17) is 17.3 Å². The van der Waals surface area contributed by atoms with Crippen LogP contribution in [0.4, 0.5) is 11.9 Å².